The van der Waals surface area contributed by atoms with Gasteiger partial charge in [-0.25, -0.2) is 4.90 Å². The predicted octanol–water partition coefficient (Wildman–Crippen LogP) is 2.85. The maximum atomic E-state index is 12.8. The molecule has 8 heteroatoms. The molecule has 0 bridgehead atoms. The maximum Gasteiger partial charge on any atom is 0.277 e. The monoisotopic (exact) mass is 323 g/mol. The molecule has 0 saturated heterocycles. The van der Waals surface area contributed by atoms with E-state index in [0.717, 1.165) is 4.90 Å². The Morgan fingerprint density at radius 2 is 1.83 bits per heavy atom. The van der Waals surface area contributed by atoms with Gasteiger partial charge < -0.3 is 4.52 Å². The highest BCUT2D eigenvalue weighted by Crippen LogP contribution is 2.36. The standard InChI is InChI=1S/C16H9N3O5/c1-8-7-13(17-24-8)18-15(20)10-4-2-3-9-12(19(22)23)6-5-11(14(9)10)16(18)21/h2-7H,1H3. The van der Waals surface area contributed by atoms with Gasteiger partial charge in [-0.1, -0.05) is 11.2 Å². The Balaban J connectivity index is 2.02. The van der Waals surface area contributed by atoms with Crippen LogP contribution in [0.1, 0.15) is 26.5 Å². The SMILES string of the molecule is Cc1cc(N2C(=O)c3cccc4c([N+](=O)[O-])ccc(c34)C2=O)no1. The van der Waals surface area contributed by atoms with Gasteiger partial charge in [0.25, 0.3) is 17.5 Å². The number of hydrogen-bond acceptors (Lipinski definition) is 6. The molecule has 0 unspecified atom stereocenters. The molecule has 0 spiro atoms. The van der Waals surface area contributed by atoms with Crippen molar-refractivity contribution in [1.29, 1.82) is 0 Å². The van der Waals surface area contributed by atoms with Crippen LogP contribution < -0.4 is 4.90 Å². The molecule has 3 aromatic rings. The van der Waals surface area contributed by atoms with Crippen molar-refractivity contribution in [2.24, 2.45) is 0 Å². The summed E-state index contributed by atoms with van der Waals surface area (Å²) < 4.78 is 4.94. The number of nitro benzene ring substituents is 1. The van der Waals surface area contributed by atoms with E-state index in [0.29, 0.717) is 5.76 Å². The zero-order chi connectivity index (χ0) is 17.0. The summed E-state index contributed by atoms with van der Waals surface area (Å²) in [5.41, 5.74) is 0.278. The number of anilines is 1. The van der Waals surface area contributed by atoms with Crippen molar-refractivity contribution in [3.63, 3.8) is 0 Å². The highest BCUT2D eigenvalue weighted by atomic mass is 16.6. The second kappa shape index (κ2) is 4.72. The first-order valence-corrected chi connectivity index (χ1v) is 7.01. The first-order chi connectivity index (χ1) is 11.5. The molecule has 2 amide bonds. The number of aromatic nitrogens is 1. The van der Waals surface area contributed by atoms with E-state index >= 15 is 0 Å². The normalized spacial score (nSPS) is 13.6. The van der Waals surface area contributed by atoms with Crippen LogP contribution in [0.2, 0.25) is 0 Å². The summed E-state index contributed by atoms with van der Waals surface area (Å²) in [7, 11) is 0. The van der Waals surface area contributed by atoms with Crippen LogP contribution in [0.5, 0.6) is 0 Å². The van der Waals surface area contributed by atoms with Crippen molar-refractivity contribution in [2.45, 2.75) is 6.92 Å². The second-order valence-electron chi connectivity index (χ2n) is 5.36. The van der Waals surface area contributed by atoms with Gasteiger partial charge in [-0.05, 0) is 25.1 Å². The third-order valence-corrected chi connectivity index (χ3v) is 3.93. The molecule has 1 aliphatic heterocycles. The minimum absolute atomic E-state index is 0.0866. The van der Waals surface area contributed by atoms with Crippen LogP contribution in [0.15, 0.2) is 40.9 Å². The lowest BCUT2D eigenvalue weighted by atomic mass is 9.93. The molecule has 2 heterocycles. The molecule has 2 aromatic carbocycles. The summed E-state index contributed by atoms with van der Waals surface area (Å²) in [5, 5.41) is 15.5. The molecule has 0 saturated carbocycles. The van der Waals surface area contributed by atoms with Gasteiger partial charge in [-0.15, -0.1) is 0 Å². The average molecular weight is 323 g/mol. The van der Waals surface area contributed by atoms with Crippen LogP contribution in [-0.4, -0.2) is 21.9 Å². The van der Waals surface area contributed by atoms with Gasteiger partial charge in [-0.2, -0.15) is 0 Å². The summed E-state index contributed by atoms with van der Waals surface area (Å²) >= 11 is 0. The molecule has 24 heavy (non-hydrogen) atoms. The number of non-ortho nitro benzene ring substituents is 1. The Morgan fingerprint density at radius 3 is 2.46 bits per heavy atom. The van der Waals surface area contributed by atoms with E-state index in [4.69, 9.17) is 4.52 Å². The Kier molecular flexibility index (Phi) is 2.77. The first kappa shape index (κ1) is 14.1. The smallest absolute Gasteiger partial charge is 0.277 e. The maximum absolute atomic E-state index is 12.8. The van der Waals surface area contributed by atoms with E-state index in [1.165, 1.54) is 30.3 Å². The van der Waals surface area contributed by atoms with E-state index in [9.17, 15) is 19.7 Å². The molecule has 0 radical (unpaired) electrons. The van der Waals surface area contributed by atoms with E-state index in [-0.39, 0.29) is 33.4 Å². The van der Waals surface area contributed by atoms with Gasteiger partial charge in [0.2, 0.25) is 0 Å². The van der Waals surface area contributed by atoms with Crippen molar-refractivity contribution >= 4 is 34.1 Å². The van der Waals surface area contributed by atoms with Crippen LogP contribution in [0, 0.1) is 17.0 Å². The minimum Gasteiger partial charge on any atom is -0.360 e. The topological polar surface area (TPSA) is 107 Å². The average Bonchev–Trinajstić information content (AvgIpc) is 2.98. The van der Waals surface area contributed by atoms with Crippen molar-refractivity contribution in [3.8, 4) is 0 Å². The predicted molar refractivity (Wildman–Crippen MR) is 83.0 cm³/mol. The Morgan fingerprint density at radius 1 is 1.12 bits per heavy atom. The summed E-state index contributed by atoms with van der Waals surface area (Å²) in [5.74, 6) is -0.638. The first-order valence-electron chi connectivity index (χ1n) is 7.01. The largest absolute Gasteiger partial charge is 0.360 e. The van der Waals surface area contributed by atoms with Crippen molar-refractivity contribution < 1.29 is 19.0 Å². The number of carbonyl (C=O) groups excluding carboxylic acids is 2. The van der Waals surface area contributed by atoms with Crippen LogP contribution in [-0.2, 0) is 0 Å². The molecule has 0 aliphatic carbocycles. The minimum atomic E-state index is -0.591. The molecule has 118 valence electrons. The quantitative estimate of drug-likeness (QED) is 0.408. The molecular formula is C16H9N3O5. The molecule has 0 N–H and O–H groups in total. The number of carbonyl (C=O) groups is 2. The molecule has 1 aliphatic rings. The molecule has 1 aromatic heterocycles. The van der Waals surface area contributed by atoms with Crippen LogP contribution >= 0.6 is 0 Å². The number of aryl methyl sites for hydroxylation is 1. The summed E-state index contributed by atoms with van der Waals surface area (Å²) in [6, 6.07) is 8.71. The van der Waals surface area contributed by atoms with Gasteiger partial charge in [0.15, 0.2) is 5.82 Å². The Labute approximate surface area is 134 Å². The summed E-state index contributed by atoms with van der Waals surface area (Å²) in [6.45, 7) is 1.65. The van der Waals surface area contributed by atoms with Crippen molar-refractivity contribution in [2.75, 3.05) is 4.90 Å². The summed E-state index contributed by atoms with van der Waals surface area (Å²) in [4.78, 5) is 37.1. The number of imide groups is 1. The fourth-order valence-corrected chi connectivity index (χ4v) is 2.91. The van der Waals surface area contributed by atoms with E-state index < -0.39 is 16.7 Å². The third-order valence-electron chi connectivity index (χ3n) is 3.93. The molecule has 0 atom stereocenters. The Bertz CT molecular complexity index is 1030. The molecule has 0 fully saturated rings. The number of nitro groups is 1. The third kappa shape index (κ3) is 1.76. The van der Waals surface area contributed by atoms with Crippen LogP contribution in [0.3, 0.4) is 0 Å². The van der Waals surface area contributed by atoms with E-state index in [2.05, 4.69) is 5.16 Å². The van der Waals surface area contributed by atoms with Crippen LogP contribution in [0.25, 0.3) is 10.8 Å². The highest BCUT2D eigenvalue weighted by molar-refractivity contribution is 6.36. The highest BCUT2D eigenvalue weighted by Gasteiger charge is 2.37. The number of nitrogens with zero attached hydrogens (tertiary/aromatic N) is 3. The summed E-state index contributed by atoms with van der Waals surface area (Å²) in [6.07, 6.45) is 0. The number of rotatable bonds is 2. The van der Waals surface area contributed by atoms with Gasteiger partial charge >= 0.3 is 0 Å². The number of benzene rings is 2. The van der Waals surface area contributed by atoms with Crippen molar-refractivity contribution in [1.82, 2.24) is 5.16 Å². The van der Waals surface area contributed by atoms with Crippen LogP contribution in [0.4, 0.5) is 11.5 Å². The number of amides is 2. The molecule has 8 nitrogen and oxygen atoms in total. The second-order valence-corrected chi connectivity index (χ2v) is 5.36. The fraction of sp³-hybridized carbons (Fsp3) is 0.0625. The molecule has 4 rings (SSSR count). The fourth-order valence-electron chi connectivity index (χ4n) is 2.91. The lowest BCUT2D eigenvalue weighted by molar-refractivity contribution is -0.383. The van der Waals surface area contributed by atoms with E-state index in [1.807, 2.05) is 0 Å². The lowest BCUT2D eigenvalue weighted by Gasteiger charge is -2.24. The van der Waals surface area contributed by atoms with Gasteiger partial charge in [0, 0.05) is 28.6 Å². The zero-order valence-corrected chi connectivity index (χ0v) is 12.3. The lowest BCUT2D eigenvalue weighted by Crippen LogP contribution is -2.40. The van der Waals surface area contributed by atoms with Gasteiger partial charge in [0.05, 0.1) is 10.3 Å². The van der Waals surface area contributed by atoms with Gasteiger partial charge in [-0.3, -0.25) is 19.7 Å². The van der Waals surface area contributed by atoms with Gasteiger partial charge in [0.1, 0.15) is 5.76 Å². The van der Waals surface area contributed by atoms with Crippen molar-refractivity contribution in [3.05, 3.63) is 63.4 Å². The van der Waals surface area contributed by atoms with E-state index in [1.54, 1.807) is 13.0 Å². The Hall–Kier alpha value is -3.55. The molecular weight excluding hydrogens is 314 g/mol. The zero-order valence-electron chi connectivity index (χ0n) is 12.3. The number of hydrogen-bond donors (Lipinski definition) is 0.